The molecular weight excluding hydrogens is 358 g/mol. The summed E-state index contributed by atoms with van der Waals surface area (Å²) in [4.78, 5) is 29.8. The number of carbonyl (C=O) groups is 2. The standard InChI is InChI=1S/C21H27N3O2S/c1-17-9-15-27-20(17)21(26)24-12-5-11-23(13-14-24)16-19(25)22-10-8-18-6-3-2-4-7-18/h2-4,6-7,9,15H,5,8,10-14,16H2,1H3,(H,22,25). The largest absolute Gasteiger partial charge is 0.355 e. The molecule has 0 radical (unpaired) electrons. The van der Waals surface area contributed by atoms with Crippen LogP contribution in [0.25, 0.3) is 0 Å². The lowest BCUT2D eigenvalue weighted by molar-refractivity contribution is -0.122. The number of benzene rings is 1. The summed E-state index contributed by atoms with van der Waals surface area (Å²) in [5.74, 6) is 0.177. The van der Waals surface area contributed by atoms with Gasteiger partial charge in [0.25, 0.3) is 5.91 Å². The van der Waals surface area contributed by atoms with E-state index in [-0.39, 0.29) is 11.8 Å². The molecule has 27 heavy (non-hydrogen) atoms. The number of nitrogens with zero attached hydrogens (tertiary/aromatic N) is 2. The van der Waals surface area contributed by atoms with Gasteiger partial charge in [0.15, 0.2) is 0 Å². The zero-order valence-electron chi connectivity index (χ0n) is 15.8. The van der Waals surface area contributed by atoms with Crippen LogP contribution in [-0.2, 0) is 11.2 Å². The summed E-state index contributed by atoms with van der Waals surface area (Å²) in [5.41, 5.74) is 2.27. The van der Waals surface area contributed by atoms with Crippen LogP contribution in [0.2, 0.25) is 0 Å². The Labute approximate surface area is 165 Å². The number of hydrogen-bond acceptors (Lipinski definition) is 4. The maximum absolute atomic E-state index is 12.7. The third kappa shape index (κ3) is 5.65. The van der Waals surface area contributed by atoms with Crippen LogP contribution in [0.5, 0.6) is 0 Å². The second kappa shape index (κ2) is 9.67. The highest BCUT2D eigenvalue weighted by atomic mass is 32.1. The fourth-order valence-electron chi connectivity index (χ4n) is 3.32. The van der Waals surface area contributed by atoms with E-state index in [0.717, 1.165) is 42.9 Å². The lowest BCUT2D eigenvalue weighted by Crippen LogP contribution is -2.40. The molecule has 2 amide bonds. The van der Waals surface area contributed by atoms with Gasteiger partial charge in [-0.3, -0.25) is 14.5 Å². The van der Waals surface area contributed by atoms with Crippen LogP contribution < -0.4 is 5.32 Å². The second-order valence-corrected chi connectivity index (χ2v) is 7.86. The Morgan fingerprint density at radius 1 is 1.07 bits per heavy atom. The van der Waals surface area contributed by atoms with Crippen LogP contribution in [0.4, 0.5) is 0 Å². The number of aryl methyl sites for hydroxylation is 1. The molecule has 0 bridgehead atoms. The van der Waals surface area contributed by atoms with E-state index in [1.807, 2.05) is 41.5 Å². The van der Waals surface area contributed by atoms with Crippen molar-refractivity contribution in [1.29, 1.82) is 0 Å². The molecule has 1 aromatic heterocycles. The van der Waals surface area contributed by atoms with Gasteiger partial charge in [0.05, 0.1) is 11.4 Å². The highest BCUT2D eigenvalue weighted by Crippen LogP contribution is 2.19. The van der Waals surface area contributed by atoms with Crippen molar-refractivity contribution < 1.29 is 9.59 Å². The molecule has 1 aliphatic heterocycles. The molecule has 3 rings (SSSR count). The fraction of sp³-hybridized carbons (Fsp3) is 0.429. The topological polar surface area (TPSA) is 52.7 Å². The van der Waals surface area contributed by atoms with Crippen molar-refractivity contribution in [3.63, 3.8) is 0 Å². The smallest absolute Gasteiger partial charge is 0.264 e. The van der Waals surface area contributed by atoms with Crippen molar-refractivity contribution in [2.24, 2.45) is 0 Å². The monoisotopic (exact) mass is 385 g/mol. The molecule has 144 valence electrons. The summed E-state index contributed by atoms with van der Waals surface area (Å²) < 4.78 is 0. The quantitative estimate of drug-likeness (QED) is 0.832. The highest BCUT2D eigenvalue weighted by molar-refractivity contribution is 7.12. The number of nitrogens with one attached hydrogen (secondary N) is 1. The number of hydrogen-bond donors (Lipinski definition) is 1. The average molecular weight is 386 g/mol. The molecule has 1 saturated heterocycles. The summed E-state index contributed by atoms with van der Waals surface area (Å²) in [6.07, 6.45) is 1.74. The number of rotatable bonds is 6. The third-order valence-electron chi connectivity index (χ3n) is 4.88. The van der Waals surface area contributed by atoms with Gasteiger partial charge >= 0.3 is 0 Å². The first kappa shape index (κ1) is 19.6. The molecule has 2 heterocycles. The molecule has 1 aliphatic rings. The van der Waals surface area contributed by atoms with Gasteiger partial charge in [-0.05, 0) is 42.3 Å². The van der Waals surface area contributed by atoms with Crippen LogP contribution in [0.1, 0.15) is 27.2 Å². The fourth-order valence-corrected chi connectivity index (χ4v) is 4.21. The Balaban J connectivity index is 1.42. The van der Waals surface area contributed by atoms with Gasteiger partial charge in [0.2, 0.25) is 5.91 Å². The zero-order chi connectivity index (χ0) is 19.1. The van der Waals surface area contributed by atoms with Crippen LogP contribution in [0.15, 0.2) is 41.8 Å². The molecule has 0 atom stereocenters. The predicted octanol–water partition coefficient (Wildman–Crippen LogP) is 2.56. The minimum absolute atomic E-state index is 0.0554. The summed E-state index contributed by atoms with van der Waals surface area (Å²) in [5, 5.41) is 4.97. The van der Waals surface area contributed by atoms with Crippen molar-refractivity contribution in [2.75, 3.05) is 39.3 Å². The maximum Gasteiger partial charge on any atom is 0.264 e. The van der Waals surface area contributed by atoms with Crippen molar-refractivity contribution in [3.05, 3.63) is 57.8 Å². The molecule has 1 N–H and O–H groups in total. The summed E-state index contributed by atoms with van der Waals surface area (Å²) in [6, 6.07) is 12.2. The number of amides is 2. The molecule has 1 aromatic carbocycles. The molecule has 5 nitrogen and oxygen atoms in total. The van der Waals surface area contributed by atoms with E-state index in [4.69, 9.17) is 0 Å². The number of thiophene rings is 1. The SMILES string of the molecule is Cc1ccsc1C(=O)N1CCCN(CC(=O)NCCc2ccccc2)CC1. The highest BCUT2D eigenvalue weighted by Gasteiger charge is 2.23. The van der Waals surface area contributed by atoms with Gasteiger partial charge in [-0.25, -0.2) is 0 Å². The van der Waals surface area contributed by atoms with E-state index >= 15 is 0 Å². The summed E-state index contributed by atoms with van der Waals surface area (Å²) in [6.45, 7) is 6.04. The molecule has 0 unspecified atom stereocenters. The second-order valence-electron chi connectivity index (χ2n) is 6.94. The molecule has 2 aromatic rings. The van der Waals surface area contributed by atoms with Crippen LogP contribution >= 0.6 is 11.3 Å². The van der Waals surface area contributed by atoms with Crippen molar-refractivity contribution >= 4 is 23.2 Å². The van der Waals surface area contributed by atoms with Crippen LogP contribution in [-0.4, -0.2) is 60.9 Å². The average Bonchev–Trinajstić information content (AvgIpc) is 2.96. The minimum Gasteiger partial charge on any atom is -0.355 e. The van der Waals surface area contributed by atoms with Crippen molar-refractivity contribution in [3.8, 4) is 0 Å². The number of carbonyl (C=O) groups excluding carboxylic acids is 2. The minimum atomic E-state index is 0.0554. The molecule has 1 fully saturated rings. The summed E-state index contributed by atoms with van der Waals surface area (Å²) >= 11 is 1.51. The summed E-state index contributed by atoms with van der Waals surface area (Å²) in [7, 11) is 0. The Hall–Kier alpha value is -2.18. The zero-order valence-corrected chi connectivity index (χ0v) is 16.6. The molecule has 0 spiro atoms. The van der Waals surface area contributed by atoms with E-state index in [0.29, 0.717) is 19.6 Å². The lowest BCUT2D eigenvalue weighted by Gasteiger charge is -2.21. The van der Waals surface area contributed by atoms with Gasteiger partial charge in [0, 0.05) is 32.7 Å². The van der Waals surface area contributed by atoms with E-state index < -0.39 is 0 Å². The van der Waals surface area contributed by atoms with E-state index in [1.165, 1.54) is 16.9 Å². The Morgan fingerprint density at radius 2 is 1.89 bits per heavy atom. The molecular formula is C21H27N3O2S. The predicted molar refractivity (Wildman–Crippen MR) is 109 cm³/mol. The van der Waals surface area contributed by atoms with Gasteiger partial charge in [0.1, 0.15) is 0 Å². The van der Waals surface area contributed by atoms with Gasteiger partial charge < -0.3 is 10.2 Å². The van der Waals surface area contributed by atoms with Crippen molar-refractivity contribution in [1.82, 2.24) is 15.1 Å². The Bertz CT molecular complexity index is 760. The van der Waals surface area contributed by atoms with E-state index in [1.54, 1.807) is 0 Å². The normalized spacial score (nSPS) is 15.4. The first-order valence-corrected chi connectivity index (χ1v) is 10.4. The van der Waals surface area contributed by atoms with E-state index in [2.05, 4.69) is 22.3 Å². The maximum atomic E-state index is 12.7. The lowest BCUT2D eigenvalue weighted by atomic mass is 10.1. The Kier molecular flexibility index (Phi) is 7.01. The van der Waals surface area contributed by atoms with Gasteiger partial charge in [-0.15, -0.1) is 11.3 Å². The first-order valence-electron chi connectivity index (χ1n) is 9.50. The first-order chi connectivity index (χ1) is 13.1. The van der Waals surface area contributed by atoms with Crippen LogP contribution in [0.3, 0.4) is 0 Å². The molecule has 0 saturated carbocycles. The molecule has 0 aliphatic carbocycles. The Morgan fingerprint density at radius 3 is 2.63 bits per heavy atom. The molecule has 6 heteroatoms. The van der Waals surface area contributed by atoms with Crippen LogP contribution in [0, 0.1) is 6.92 Å². The van der Waals surface area contributed by atoms with Gasteiger partial charge in [-0.1, -0.05) is 30.3 Å². The third-order valence-corrected chi connectivity index (χ3v) is 5.88. The van der Waals surface area contributed by atoms with Gasteiger partial charge in [-0.2, -0.15) is 0 Å². The van der Waals surface area contributed by atoms with E-state index in [9.17, 15) is 9.59 Å². The van der Waals surface area contributed by atoms with Crippen molar-refractivity contribution in [2.45, 2.75) is 19.8 Å².